The molecule has 0 amide bonds. The molecule has 0 unspecified atom stereocenters. The van der Waals surface area contributed by atoms with Gasteiger partial charge in [-0.2, -0.15) is 4.99 Å². The van der Waals surface area contributed by atoms with Gasteiger partial charge in [-0.15, -0.1) is 0 Å². The van der Waals surface area contributed by atoms with E-state index in [2.05, 4.69) is 20.9 Å². The number of methoxy groups -OCH3 is 1. The zero-order valence-corrected chi connectivity index (χ0v) is 11.6. The van der Waals surface area contributed by atoms with Gasteiger partial charge in [-0.05, 0) is 41.3 Å². The third-order valence-corrected chi connectivity index (χ3v) is 4.12. The Morgan fingerprint density at radius 2 is 2.24 bits per heavy atom. The van der Waals surface area contributed by atoms with Gasteiger partial charge >= 0.3 is 0 Å². The van der Waals surface area contributed by atoms with Crippen LogP contribution in [-0.4, -0.2) is 13.2 Å². The smallest absolute Gasteiger partial charge is 0.235 e. The number of halogens is 2. The molecule has 3 nitrogen and oxygen atoms in total. The monoisotopic (exact) mass is 315 g/mol. The quantitative estimate of drug-likeness (QED) is 0.628. The first-order chi connectivity index (χ1) is 8.13. The molecule has 1 aromatic carbocycles. The van der Waals surface area contributed by atoms with Crippen LogP contribution in [-0.2, 0) is 10.3 Å². The lowest BCUT2D eigenvalue weighted by Gasteiger charge is -2.37. The van der Waals surface area contributed by atoms with E-state index in [-0.39, 0.29) is 0 Å². The number of nitrogens with zero attached hydrogens (tertiary/aromatic N) is 1. The highest BCUT2D eigenvalue weighted by atomic mass is 79.9. The molecule has 1 aromatic rings. The number of hydrogen-bond donors (Lipinski definition) is 0. The van der Waals surface area contributed by atoms with Crippen molar-refractivity contribution in [2.45, 2.75) is 24.8 Å². The van der Waals surface area contributed by atoms with Crippen LogP contribution in [0.4, 0.5) is 0 Å². The van der Waals surface area contributed by atoms with Gasteiger partial charge in [0.1, 0.15) is 5.75 Å². The van der Waals surface area contributed by atoms with Gasteiger partial charge in [-0.1, -0.05) is 11.6 Å². The lowest BCUT2D eigenvalue weighted by Crippen LogP contribution is -2.32. The second-order valence-corrected chi connectivity index (χ2v) is 5.32. The molecule has 17 heavy (non-hydrogen) atoms. The highest BCUT2D eigenvalue weighted by Gasteiger charge is 2.40. The Bertz CT molecular complexity index is 494. The van der Waals surface area contributed by atoms with Crippen molar-refractivity contribution in [3.05, 3.63) is 27.2 Å². The molecule has 0 N–H and O–H groups in total. The topological polar surface area (TPSA) is 38.7 Å². The minimum Gasteiger partial charge on any atom is -0.496 e. The largest absolute Gasteiger partial charge is 0.496 e. The van der Waals surface area contributed by atoms with E-state index in [1.807, 2.05) is 6.07 Å². The molecule has 1 fully saturated rings. The lowest BCUT2D eigenvalue weighted by molar-refractivity contribution is 0.255. The van der Waals surface area contributed by atoms with Crippen LogP contribution in [0.2, 0.25) is 5.02 Å². The second kappa shape index (κ2) is 4.81. The normalized spacial score (nSPS) is 16.9. The van der Waals surface area contributed by atoms with Crippen LogP contribution in [0.1, 0.15) is 24.8 Å². The predicted molar refractivity (Wildman–Crippen MR) is 69.4 cm³/mol. The average molecular weight is 317 g/mol. The van der Waals surface area contributed by atoms with Crippen LogP contribution >= 0.6 is 27.5 Å². The van der Waals surface area contributed by atoms with Crippen LogP contribution in [0.3, 0.4) is 0 Å². The number of carbonyl (C=O) groups excluding carboxylic acids is 1. The van der Waals surface area contributed by atoms with Crippen LogP contribution in [0, 0.1) is 0 Å². The maximum absolute atomic E-state index is 10.5. The fourth-order valence-electron chi connectivity index (χ4n) is 2.08. The van der Waals surface area contributed by atoms with Crippen molar-refractivity contribution < 1.29 is 9.53 Å². The van der Waals surface area contributed by atoms with Crippen molar-refractivity contribution in [3.63, 3.8) is 0 Å². The van der Waals surface area contributed by atoms with Crippen molar-refractivity contribution in [3.8, 4) is 5.75 Å². The number of hydrogen-bond acceptors (Lipinski definition) is 3. The molecule has 1 saturated carbocycles. The van der Waals surface area contributed by atoms with Crippen molar-refractivity contribution in [2.75, 3.05) is 7.11 Å². The summed E-state index contributed by atoms with van der Waals surface area (Å²) in [5.74, 6) is 0.670. The predicted octanol–water partition coefficient (Wildman–Crippen LogP) is 3.83. The van der Waals surface area contributed by atoms with E-state index < -0.39 is 5.54 Å². The molecule has 0 heterocycles. The molecule has 2 rings (SSSR count). The van der Waals surface area contributed by atoms with Crippen molar-refractivity contribution in [2.24, 2.45) is 4.99 Å². The van der Waals surface area contributed by atoms with E-state index in [0.29, 0.717) is 10.8 Å². The van der Waals surface area contributed by atoms with Crippen molar-refractivity contribution >= 4 is 33.6 Å². The van der Waals surface area contributed by atoms with Gasteiger partial charge in [0, 0.05) is 16.7 Å². The molecule has 0 atom stereocenters. The summed E-state index contributed by atoms with van der Waals surface area (Å²) in [6.45, 7) is 0. The number of aliphatic imine (C=N–C) groups is 1. The van der Waals surface area contributed by atoms with E-state index in [1.165, 1.54) is 0 Å². The van der Waals surface area contributed by atoms with E-state index >= 15 is 0 Å². The number of rotatable bonds is 3. The van der Waals surface area contributed by atoms with Crippen LogP contribution < -0.4 is 4.74 Å². The SMILES string of the molecule is COc1cc(Cl)c(C2(N=C=O)CCC2)cc1Br. The molecule has 0 aliphatic heterocycles. The Morgan fingerprint density at radius 1 is 1.53 bits per heavy atom. The summed E-state index contributed by atoms with van der Waals surface area (Å²) in [5, 5.41) is 0.573. The third kappa shape index (κ3) is 2.13. The molecule has 0 aromatic heterocycles. The number of isocyanates is 1. The lowest BCUT2D eigenvalue weighted by atomic mass is 9.72. The van der Waals surface area contributed by atoms with Gasteiger partial charge < -0.3 is 4.74 Å². The average Bonchev–Trinajstić information content (AvgIpc) is 2.26. The number of benzene rings is 1. The first-order valence-corrected chi connectivity index (χ1v) is 6.42. The standard InChI is InChI=1S/C12H11BrClNO2/c1-17-11-6-10(14)8(5-9(11)13)12(15-7-16)3-2-4-12/h5-6H,2-4H2,1H3. The highest BCUT2D eigenvalue weighted by molar-refractivity contribution is 9.10. The summed E-state index contributed by atoms with van der Waals surface area (Å²) < 4.78 is 5.98. The van der Waals surface area contributed by atoms with Gasteiger partial charge in [-0.3, -0.25) is 0 Å². The molecule has 0 bridgehead atoms. The van der Waals surface area contributed by atoms with Gasteiger partial charge in [-0.25, -0.2) is 4.79 Å². The summed E-state index contributed by atoms with van der Waals surface area (Å²) >= 11 is 9.64. The van der Waals surface area contributed by atoms with Crippen molar-refractivity contribution in [1.82, 2.24) is 0 Å². The summed E-state index contributed by atoms with van der Waals surface area (Å²) in [4.78, 5) is 14.5. The Balaban J connectivity index is 2.52. The fourth-order valence-corrected chi connectivity index (χ4v) is 2.92. The molecule has 5 heteroatoms. The minimum absolute atomic E-state index is 0.479. The zero-order chi connectivity index (χ0) is 12.5. The first-order valence-electron chi connectivity index (χ1n) is 5.25. The van der Waals surface area contributed by atoms with E-state index in [9.17, 15) is 4.79 Å². The van der Waals surface area contributed by atoms with E-state index in [0.717, 1.165) is 29.3 Å². The van der Waals surface area contributed by atoms with Gasteiger partial charge in [0.2, 0.25) is 6.08 Å². The molecule has 0 saturated heterocycles. The Morgan fingerprint density at radius 3 is 2.71 bits per heavy atom. The molecule has 0 spiro atoms. The Labute approximate surface area is 113 Å². The Hall–Kier alpha value is -0.830. The summed E-state index contributed by atoms with van der Waals surface area (Å²) in [5.41, 5.74) is 0.384. The van der Waals surface area contributed by atoms with Crippen LogP contribution in [0.15, 0.2) is 21.6 Å². The molecule has 1 aliphatic rings. The summed E-state index contributed by atoms with van der Waals surface area (Å²) in [6.07, 6.45) is 4.37. The maximum atomic E-state index is 10.5. The third-order valence-electron chi connectivity index (χ3n) is 3.18. The van der Waals surface area contributed by atoms with Crippen LogP contribution in [0.25, 0.3) is 0 Å². The molecular formula is C12H11BrClNO2. The molecule has 0 radical (unpaired) electrons. The Kier molecular flexibility index (Phi) is 3.57. The molecule has 90 valence electrons. The van der Waals surface area contributed by atoms with Gasteiger partial charge in [0.25, 0.3) is 0 Å². The second-order valence-electron chi connectivity index (χ2n) is 4.05. The van der Waals surface area contributed by atoms with Crippen molar-refractivity contribution in [1.29, 1.82) is 0 Å². The minimum atomic E-state index is -0.479. The zero-order valence-electron chi connectivity index (χ0n) is 9.30. The van der Waals surface area contributed by atoms with E-state index in [1.54, 1.807) is 19.3 Å². The summed E-state index contributed by atoms with van der Waals surface area (Å²) in [6, 6.07) is 3.61. The maximum Gasteiger partial charge on any atom is 0.235 e. The highest BCUT2D eigenvalue weighted by Crippen LogP contribution is 2.49. The van der Waals surface area contributed by atoms with Gasteiger partial charge in [0.15, 0.2) is 0 Å². The molecular weight excluding hydrogens is 305 g/mol. The van der Waals surface area contributed by atoms with Crippen LogP contribution in [0.5, 0.6) is 5.75 Å². The summed E-state index contributed by atoms with van der Waals surface area (Å²) in [7, 11) is 1.58. The fraction of sp³-hybridized carbons (Fsp3) is 0.417. The van der Waals surface area contributed by atoms with E-state index in [4.69, 9.17) is 16.3 Å². The first kappa shape index (κ1) is 12.6. The molecule has 1 aliphatic carbocycles. The van der Waals surface area contributed by atoms with Gasteiger partial charge in [0.05, 0.1) is 17.1 Å². The number of ether oxygens (including phenoxy) is 1.